The summed E-state index contributed by atoms with van der Waals surface area (Å²) in [6.07, 6.45) is 0.749. The fourth-order valence-electron chi connectivity index (χ4n) is 2.11. The van der Waals surface area contributed by atoms with Crippen LogP contribution in [0.1, 0.15) is 18.9 Å². The Kier molecular flexibility index (Phi) is 3.43. The van der Waals surface area contributed by atoms with Crippen molar-refractivity contribution in [3.63, 3.8) is 0 Å². The number of nitrogens with two attached hydrogens (primary N) is 1. The predicted molar refractivity (Wildman–Crippen MR) is 72.8 cm³/mol. The molecule has 1 aromatic carbocycles. The third-order valence-corrected chi connectivity index (χ3v) is 3.17. The average molecular weight is 249 g/mol. The van der Waals surface area contributed by atoms with E-state index in [-0.39, 0.29) is 12.0 Å². The van der Waals surface area contributed by atoms with Gasteiger partial charge < -0.3 is 21.1 Å². The lowest BCUT2D eigenvalue weighted by atomic mass is 10.1. The van der Waals surface area contributed by atoms with Crippen LogP contribution in [0.4, 0.5) is 17.1 Å². The number of carbonyl (C=O) groups excluding carboxylic acids is 1. The molecule has 0 aromatic heterocycles. The summed E-state index contributed by atoms with van der Waals surface area (Å²) in [5.74, 6) is 0.00758. The fourth-order valence-corrected chi connectivity index (χ4v) is 2.11. The van der Waals surface area contributed by atoms with Gasteiger partial charge in [0.2, 0.25) is 5.91 Å². The normalized spacial score (nSPS) is 15.2. The second-order valence-corrected chi connectivity index (χ2v) is 4.85. The van der Waals surface area contributed by atoms with E-state index < -0.39 is 0 Å². The molecular formula is C13H19N3O2. The highest BCUT2D eigenvalue weighted by atomic mass is 16.3. The van der Waals surface area contributed by atoms with Gasteiger partial charge in [-0.25, -0.2) is 0 Å². The van der Waals surface area contributed by atoms with E-state index in [1.54, 1.807) is 6.92 Å². The summed E-state index contributed by atoms with van der Waals surface area (Å²) in [4.78, 5) is 13.3. The zero-order chi connectivity index (χ0) is 13.3. The van der Waals surface area contributed by atoms with Gasteiger partial charge in [0, 0.05) is 19.3 Å². The number of nitrogens with zero attached hydrogens (tertiary/aromatic N) is 1. The highest BCUT2D eigenvalue weighted by Gasteiger charge is 2.20. The molecule has 1 amide bonds. The molecule has 18 heavy (non-hydrogen) atoms. The van der Waals surface area contributed by atoms with Crippen LogP contribution in [-0.2, 0) is 11.2 Å². The third-order valence-electron chi connectivity index (χ3n) is 3.17. The number of hydrogen-bond donors (Lipinski definition) is 3. The molecule has 5 nitrogen and oxygen atoms in total. The van der Waals surface area contributed by atoms with Crippen molar-refractivity contribution in [2.75, 3.05) is 29.5 Å². The molecule has 0 spiro atoms. The molecule has 2 rings (SSSR count). The maximum absolute atomic E-state index is 11.3. The zero-order valence-electron chi connectivity index (χ0n) is 10.7. The first-order valence-electron chi connectivity index (χ1n) is 6.09. The van der Waals surface area contributed by atoms with Gasteiger partial charge in [0.05, 0.1) is 23.9 Å². The van der Waals surface area contributed by atoms with Crippen molar-refractivity contribution in [2.24, 2.45) is 0 Å². The lowest BCUT2D eigenvalue weighted by Crippen LogP contribution is -2.22. The van der Waals surface area contributed by atoms with E-state index in [0.29, 0.717) is 25.1 Å². The van der Waals surface area contributed by atoms with Crippen molar-refractivity contribution in [1.82, 2.24) is 0 Å². The van der Waals surface area contributed by atoms with Crippen molar-refractivity contribution in [3.05, 3.63) is 17.7 Å². The minimum absolute atomic E-state index is 0.00758. The van der Waals surface area contributed by atoms with Gasteiger partial charge in [0.25, 0.3) is 0 Å². The Hall–Kier alpha value is -1.75. The van der Waals surface area contributed by atoms with Gasteiger partial charge in [-0.05, 0) is 31.0 Å². The third kappa shape index (κ3) is 2.56. The molecular weight excluding hydrogens is 230 g/mol. The monoisotopic (exact) mass is 249 g/mol. The smallest absolute Gasteiger partial charge is 0.228 e. The van der Waals surface area contributed by atoms with Gasteiger partial charge in [-0.3, -0.25) is 4.79 Å². The van der Waals surface area contributed by atoms with Gasteiger partial charge in [0.15, 0.2) is 0 Å². The van der Waals surface area contributed by atoms with E-state index >= 15 is 0 Å². The maximum atomic E-state index is 11.3. The maximum Gasteiger partial charge on any atom is 0.228 e. The minimum Gasteiger partial charge on any atom is -0.397 e. The van der Waals surface area contributed by atoms with Crippen LogP contribution in [0.3, 0.4) is 0 Å². The second kappa shape index (κ2) is 4.86. The molecule has 0 bridgehead atoms. The first-order valence-corrected chi connectivity index (χ1v) is 6.09. The Morgan fingerprint density at radius 1 is 1.56 bits per heavy atom. The molecule has 0 aliphatic carbocycles. The van der Waals surface area contributed by atoms with E-state index in [4.69, 9.17) is 5.73 Å². The van der Waals surface area contributed by atoms with Gasteiger partial charge >= 0.3 is 0 Å². The van der Waals surface area contributed by atoms with E-state index in [1.165, 1.54) is 0 Å². The standard InChI is InChI=1S/C13H19N3O2/c1-8(17)3-4-16(2)12-7-11-9(5-10(12)14)6-13(18)15-11/h5,7-8,17H,3-4,6,14H2,1-2H3,(H,15,18). The molecule has 4 N–H and O–H groups in total. The van der Waals surface area contributed by atoms with Crippen molar-refractivity contribution in [3.8, 4) is 0 Å². The number of aliphatic hydroxyl groups is 1. The van der Waals surface area contributed by atoms with Gasteiger partial charge in [-0.2, -0.15) is 0 Å². The van der Waals surface area contributed by atoms with Crippen molar-refractivity contribution < 1.29 is 9.90 Å². The molecule has 1 unspecified atom stereocenters. The molecule has 1 heterocycles. The number of carbonyl (C=O) groups is 1. The number of nitrogens with one attached hydrogen (secondary N) is 1. The SMILES string of the molecule is CC(O)CCN(C)c1cc2c(cc1N)CC(=O)N2. The summed E-state index contributed by atoms with van der Waals surface area (Å²) in [7, 11) is 1.93. The summed E-state index contributed by atoms with van der Waals surface area (Å²) in [6, 6.07) is 3.75. The van der Waals surface area contributed by atoms with E-state index in [9.17, 15) is 9.90 Å². The van der Waals surface area contributed by atoms with Crippen LogP contribution in [0, 0.1) is 0 Å². The summed E-state index contributed by atoms with van der Waals surface area (Å²) < 4.78 is 0. The van der Waals surface area contributed by atoms with E-state index in [2.05, 4.69) is 5.32 Å². The number of amides is 1. The number of aliphatic hydroxyl groups excluding tert-OH is 1. The Morgan fingerprint density at radius 3 is 2.94 bits per heavy atom. The molecule has 0 fully saturated rings. The molecule has 1 atom stereocenters. The Labute approximate surface area is 107 Å². The van der Waals surface area contributed by atoms with Crippen LogP contribution >= 0.6 is 0 Å². The van der Waals surface area contributed by atoms with Crippen LogP contribution in [0.5, 0.6) is 0 Å². The van der Waals surface area contributed by atoms with Crippen LogP contribution in [-0.4, -0.2) is 30.7 Å². The fraction of sp³-hybridized carbons (Fsp3) is 0.462. The number of hydrogen-bond acceptors (Lipinski definition) is 4. The molecule has 0 radical (unpaired) electrons. The molecule has 0 saturated heterocycles. The topological polar surface area (TPSA) is 78.6 Å². The summed E-state index contributed by atoms with van der Waals surface area (Å²) in [5.41, 5.74) is 9.34. The Bertz CT molecular complexity index is 472. The summed E-state index contributed by atoms with van der Waals surface area (Å²) in [6.45, 7) is 2.48. The zero-order valence-corrected chi connectivity index (χ0v) is 10.7. The molecule has 1 aliphatic rings. The molecule has 0 saturated carbocycles. The average Bonchev–Trinajstić information content (AvgIpc) is 2.64. The molecule has 5 heteroatoms. The van der Waals surface area contributed by atoms with Crippen molar-refractivity contribution in [1.29, 1.82) is 0 Å². The van der Waals surface area contributed by atoms with E-state index in [0.717, 1.165) is 16.9 Å². The van der Waals surface area contributed by atoms with Crippen LogP contribution < -0.4 is 16.0 Å². The second-order valence-electron chi connectivity index (χ2n) is 4.85. The highest BCUT2D eigenvalue weighted by molar-refractivity contribution is 6.00. The molecule has 1 aliphatic heterocycles. The van der Waals surface area contributed by atoms with Gasteiger partial charge in [0.1, 0.15) is 0 Å². The quantitative estimate of drug-likeness (QED) is 0.695. The van der Waals surface area contributed by atoms with Crippen molar-refractivity contribution in [2.45, 2.75) is 25.9 Å². The number of benzene rings is 1. The summed E-state index contributed by atoms with van der Waals surface area (Å²) >= 11 is 0. The predicted octanol–water partition coefficient (Wildman–Crippen LogP) is 0.970. The molecule has 1 aromatic rings. The summed E-state index contributed by atoms with van der Waals surface area (Å²) in [5, 5.41) is 12.1. The van der Waals surface area contributed by atoms with Crippen LogP contribution in [0.25, 0.3) is 0 Å². The Morgan fingerprint density at radius 2 is 2.28 bits per heavy atom. The van der Waals surface area contributed by atoms with E-state index in [1.807, 2.05) is 24.1 Å². The lowest BCUT2D eigenvalue weighted by Gasteiger charge is -2.22. The van der Waals surface area contributed by atoms with Crippen LogP contribution in [0.15, 0.2) is 12.1 Å². The first-order chi connectivity index (χ1) is 8.47. The first kappa shape index (κ1) is 12.7. The lowest BCUT2D eigenvalue weighted by molar-refractivity contribution is -0.115. The largest absolute Gasteiger partial charge is 0.397 e. The van der Waals surface area contributed by atoms with Crippen LogP contribution in [0.2, 0.25) is 0 Å². The highest BCUT2D eigenvalue weighted by Crippen LogP contribution is 2.33. The molecule has 98 valence electrons. The number of nitrogen functional groups attached to an aromatic ring is 1. The number of anilines is 3. The number of rotatable bonds is 4. The van der Waals surface area contributed by atoms with Gasteiger partial charge in [-0.1, -0.05) is 0 Å². The Balaban J connectivity index is 2.19. The van der Waals surface area contributed by atoms with Crippen molar-refractivity contribution >= 4 is 23.0 Å². The number of fused-ring (bicyclic) bond motifs is 1. The minimum atomic E-state index is -0.331. The van der Waals surface area contributed by atoms with Gasteiger partial charge in [-0.15, -0.1) is 0 Å².